The van der Waals surface area contributed by atoms with Crippen molar-refractivity contribution in [2.24, 2.45) is 5.41 Å². The molecule has 0 radical (unpaired) electrons. The largest absolute Gasteiger partial charge is 0.369 e. The lowest BCUT2D eigenvalue weighted by molar-refractivity contribution is -0.126. The molecular weight excluding hydrogens is 361 g/mol. The molecule has 7 heteroatoms. The zero-order valence-electron chi connectivity index (χ0n) is 14.7. The molecule has 1 aromatic carbocycles. The molecule has 0 aliphatic carbocycles. The quantitative estimate of drug-likeness (QED) is 0.696. The molecule has 1 unspecified atom stereocenters. The maximum atomic E-state index is 11.7. The predicted molar refractivity (Wildman–Crippen MR) is 103 cm³/mol. The fraction of sp³-hybridized carbons (Fsp3) is 0.556. The van der Waals surface area contributed by atoms with Gasteiger partial charge in [-0.2, -0.15) is 0 Å². The van der Waals surface area contributed by atoms with E-state index in [0.29, 0.717) is 23.1 Å². The van der Waals surface area contributed by atoms with Crippen molar-refractivity contribution < 1.29 is 9.59 Å². The topological polar surface area (TPSA) is 52.7 Å². The number of carbonyl (C=O) groups excluding carboxylic acids is 2. The van der Waals surface area contributed by atoms with E-state index in [1.165, 1.54) is 6.92 Å². The number of ketones is 1. The SMILES string of the molecule is CNCC(C=O)(CC(C)=O)CN1CCN(c2cc(Cl)cc(Cl)c2)CC1. The number of hydrogen-bond acceptors (Lipinski definition) is 5. The Hall–Kier alpha value is -1.14. The summed E-state index contributed by atoms with van der Waals surface area (Å²) in [6.45, 7) is 5.91. The van der Waals surface area contributed by atoms with Crippen LogP contribution >= 0.6 is 23.2 Å². The Bertz CT molecular complexity index is 598. The third-order valence-electron chi connectivity index (χ3n) is 4.50. The maximum Gasteiger partial charge on any atom is 0.130 e. The molecule has 138 valence electrons. The highest BCUT2D eigenvalue weighted by atomic mass is 35.5. The van der Waals surface area contributed by atoms with Gasteiger partial charge in [0.2, 0.25) is 0 Å². The second kappa shape index (κ2) is 8.99. The fourth-order valence-electron chi connectivity index (χ4n) is 3.47. The summed E-state index contributed by atoms with van der Waals surface area (Å²) < 4.78 is 0. The zero-order valence-corrected chi connectivity index (χ0v) is 16.2. The number of benzene rings is 1. The van der Waals surface area contributed by atoms with E-state index in [0.717, 1.165) is 38.2 Å². The van der Waals surface area contributed by atoms with E-state index >= 15 is 0 Å². The Morgan fingerprint density at radius 1 is 1.20 bits per heavy atom. The van der Waals surface area contributed by atoms with Gasteiger partial charge >= 0.3 is 0 Å². The van der Waals surface area contributed by atoms with Crippen molar-refractivity contribution in [3.05, 3.63) is 28.2 Å². The Labute approximate surface area is 159 Å². The van der Waals surface area contributed by atoms with Crippen LogP contribution in [0.2, 0.25) is 10.0 Å². The standard InChI is InChI=1S/C18H25Cl2N3O2/c1-14(25)10-18(13-24,11-21-2)12-22-3-5-23(6-4-22)17-8-15(19)7-16(20)9-17/h7-9,13,21H,3-6,10-12H2,1-2H3. The van der Waals surface area contributed by atoms with Crippen molar-refractivity contribution in [2.75, 3.05) is 51.2 Å². The van der Waals surface area contributed by atoms with E-state index in [1.807, 2.05) is 12.1 Å². The molecule has 1 heterocycles. The third-order valence-corrected chi connectivity index (χ3v) is 4.94. The van der Waals surface area contributed by atoms with Gasteiger partial charge in [0.05, 0.1) is 5.41 Å². The van der Waals surface area contributed by atoms with Crippen molar-refractivity contribution in [3.8, 4) is 0 Å². The molecule has 0 bridgehead atoms. The van der Waals surface area contributed by atoms with Crippen LogP contribution in [-0.4, -0.2) is 63.3 Å². The number of piperazine rings is 1. The predicted octanol–water partition coefficient (Wildman–Crippen LogP) is 2.50. The summed E-state index contributed by atoms with van der Waals surface area (Å²) in [5, 5.41) is 4.30. The van der Waals surface area contributed by atoms with Gasteiger partial charge in [-0.15, -0.1) is 0 Å². The minimum atomic E-state index is -0.665. The summed E-state index contributed by atoms with van der Waals surface area (Å²) in [6, 6.07) is 5.55. The van der Waals surface area contributed by atoms with Gasteiger partial charge in [-0.05, 0) is 32.2 Å². The minimum Gasteiger partial charge on any atom is -0.369 e. The molecule has 1 fully saturated rings. The Kier molecular flexibility index (Phi) is 7.25. The molecule has 1 aliphatic rings. The normalized spacial score (nSPS) is 18.0. The second-order valence-electron chi connectivity index (χ2n) is 6.78. The molecule has 2 rings (SSSR count). The van der Waals surface area contributed by atoms with E-state index in [4.69, 9.17) is 23.2 Å². The Morgan fingerprint density at radius 3 is 2.28 bits per heavy atom. The number of nitrogens with one attached hydrogen (secondary N) is 1. The number of aldehydes is 1. The van der Waals surface area contributed by atoms with Gasteiger partial charge in [-0.1, -0.05) is 23.2 Å². The monoisotopic (exact) mass is 385 g/mol. The van der Waals surface area contributed by atoms with E-state index in [9.17, 15) is 9.59 Å². The highest BCUT2D eigenvalue weighted by molar-refractivity contribution is 6.35. The van der Waals surface area contributed by atoms with Crippen LogP contribution in [0.25, 0.3) is 0 Å². The first-order valence-corrected chi connectivity index (χ1v) is 9.17. The first kappa shape index (κ1) is 20.2. The Morgan fingerprint density at radius 2 is 1.80 bits per heavy atom. The number of carbonyl (C=O) groups is 2. The van der Waals surface area contributed by atoms with Crippen molar-refractivity contribution in [2.45, 2.75) is 13.3 Å². The van der Waals surface area contributed by atoms with Gasteiger partial charge in [0.15, 0.2) is 0 Å². The van der Waals surface area contributed by atoms with E-state index in [-0.39, 0.29) is 12.2 Å². The molecular formula is C18H25Cl2N3O2. The minimum absolute atomic E-state index is 0.0366. The van der Waals surface area contributed by atoms with Gasteiger partial charge in [0.25, 0.3) is 0 Å². The summed E-state index contributed by atoms with van der Waals surface area (Å²) in [4.78, 5) is 27.8. The summed E-state index contributed by atoms with van der Waals surface area (Å²) >= 11 is 12.2. The molecule has 1 aromatic rings. The number of hydrogen-bond donors (Lipinski definition) is 1. The molecule has 1 N–H and O–H groups in total. The number of nitrogens with zero attached hydrogens (tertiary/aromatic N) is 2. The second-order valence-corrected chi connectivity index (χ2v) is 7.65. The molecule has 1 saturated heterocycles. The highest BCUT2D eigenvalue weighted by Gasteiger charge is 2.34. The van der Waals surface area contributed by atoms with Crippen LogP contribution in [0.15, 0.2) is 18.2 Å². The molecule has 5 nitrogen and oxygen atoms in total. The van der Waals surface area contributed by atoms with E-state index in [2.05, 4.69) is 15.1 Å². The van der Waals surface area contributed by atoms with Crippen LogP contribution in [0.5, 0.6) is 0 Å². The zero-order chi connectivity index (χ0) is 18.4. The Balaban J connectivity index is 2.00. The van der Waals surface area contributed by atoms with Crippen LogP contribution in [0.1, 0.15) is 13.3 Å². The van der Waals surface area contributed by atoms with Gasteiger partial charge in [0, 0.05) is 61.4 Å². The molecule has 25 heavy (non-hydrogen) atoms. The number of rotatable bonds is 8. The van der Waals surface area contributed by atoms with Crippen molar-refractivity contribution >= 4 is 41.0 Å². The smallest absolute Gasteiger partial charge is 0.130 e. The highest BCUT2D eigenvalue weighted by Crippen LogP contribution is 2.27. The number of halogens is 2. The first-order chi connectivity index (χ1) is 11.9. The molecule has 0 spiro atoms. The van der Waals surface area contributed by atoms with Crippen LogP contribution < -0.4 is 10.2 Å². The summed E-state index contributed by atoms with van der Waals surface area (Å²) in [7, 11) is 1.80. The van der Waals surface area contributed by atoms with Crippen LogP contribution in [0, 0.1) is 5.41 Å². The molecule has 0 amide bonds. The van der Waals surface area contributed by atoms with Gasteiger partial charge < -0.3 is 15.0 Å². The molecule has 0 aromatic heterocycles. The van der Waals surface area contributed by atoms with Crippen molar-refractivity contribution in [3.63, 3.8) is 0 Å². The maximum absolute atomic E-state index is 11.7. The van der Waals surface area contributed by atoms with Crippen LogP contribution in [-0.2, 0) is 9.59 Å². The average Bonchev–Trinajstić information content (AvgIpc) is 2.54. The van der Waals surface area contributed by atoms with E-state index < -0.39 is 5.41 Å². The fourth-order valence-corrected chi connectivity index (χ4v) is 3.99. The van der Waals surface area contributed by atoms with Crippen LogP contribution in [0.3, 0.4) is 0 Å². The average molecular weight is 386 g/mol. The molecule has 1 atom stereocenters. The number of Topliss-reactive ketones (excluding diaryl/α,β-unsaturated/α-hetero) is 1. The summed E-state index contributed by atoms with van der Waals surface area (Å²) in [5.41, 5.74) is 0.347. The van der Waals surface area contributed by atoms with Crippen molar-refractivity contribution in [1.29, 1.82) is 0 Å². The molecule has 1 aliphatic heterocycles. The van der Waals surface area contributed by atoms with Crippen LogP contribution in [0.4, 0.5) is 5.69 Å². The van der Waals surface area contributed by atoms with Gasteiger partial charge in [-0.25, -0.2) is 0 Å². The summed E-state index contributed by atoms with van der Waals surface area (Å²) in [5.74, 6) is 0.0366. The number of anilines is 1. The van der Waals surface area contributed by atoms with Gasteiger partial charge in [-0.3, -0.25) is 9.69 Å². The lowest BCUT2D eigenvalue weighted by atomic mass is 9.83. The third kappa shape index (κ3) is 5.68. The van der Waals surface area contributed by atoms with E-state index in [1.54, 1.807) is 13.1 Å². The molecule has 0 saturated carbocycles. The van der Waals surface area contributed by atoms with Gasteiger partial charge in [0.1, 0.15) is 12.1 Å². The lowest BCUT2D eigenvalue weighted by Gasteiger charge is -2.40. The summed E-state index contributed by atoms with van der Waals surface area (Å²) in [6.07, 6.45) is 1.20. The first-order valence-electron chi connectivity index (χ1n) is 8.41. The lowest BCUT2D eigenvalue weighted by Crippen LogP contribution is -2.52. The van der Waals surface area contributed by atoms with Crippen molar-refractivity contribution in [1.82, 2.24) is 10.2 Å².